The summed E-state index contributed by atoms with van der Waals surface area (Å²) >= 11 is 0. The first-order valence-corrected chi connectivity index (χ1v) is 6.20. The molecule has 98 valence electrons. The predicted molar refractivity (Wildman–Crippen MR) is 72.6 cm³/mol. The fourth-order valence-corrected chi connectivity index (χ4v) is 2.10. The van der Waals surface area contributed by atoms with Gasteiger partial charge in [-0.3, -0.25) is 4.79 Å². The van der Waals surface area contributed by atoms with Crippen molar-refractivity contribution in [3.63, 3.8) is 0 Å². The zero-order chi connectivity index (χ0) is 13.1. The molecule has 0 fully saturated rings. The molecule has 5 nitrogen and oxygen atoms in total. The first-order valence-electron chi connectivity index (χ1n) is 6.20. The van der Waals surface area contributed by atoms with Gasteiger partial charge in [-0.15, -0.1) is 0 Å². The summed E-state index contributed by atoms with van der Waals surface area (Å²) in [7, 11) is 0. The molecule has 0 spiro atoms. The van der Waals surface area contributed by atoms with E-state index >= 15 is 0 Å². The molecule has 0 aliphatic carbocycles. The van der Waals surface area contributed by atoms with Crippen LogP contribution in [0.15, 0.2) is 12.1 Å². The lowest BCUT2D eigenvalue weighted by Gasteiger charge is -2.21. The third kappa shape index (κ3) is 2.73. The molecule has 1 unspecified atom stereocenters. The number of aliphatic hydroxyl groups is 1. The number of nitrogens with one attached hydrogen (secondary N) is 2. The van der Waals surface area contributed by atoms with Crippen molar-refractivity contribution >= 4 is 23.0 Å². The number of hydrogen-bond acceptors (Lipinski definition) is 4. The average molecular weight is 249 g/mol. The number of carbonyl (C=O) groups excluding carboxylic acids is 1. The van der Waals surface area contributed by atoms with Crippen molar-refractivity contribution in [2.45, 2.75) is 32.2 Å². The Morgan fingerprint density at radius 3 is 3.00 bits per heavy atom. The normalized spacial score (nSPS) is 15.8. The molecular formula is C13H19N3O2. The second kappa shape index (κ2) is 5.27. The average Bonchev–Trinajstić information content (AvgIpc) is 2.31. The highest BCUT2D eigenvalue weighted by Gasteiger charge is 2.17. The number of rotatable bonds is 4. The van der Waals surface area contributed by atoms with Gasteiger partial charge in [0.15, 0.2) is 0 Å². The third-order valence-electron chi connectivity index (χ3n) is 3.13. The summed E-state index contributed by atoms with van der Waals surface area (Å²) < 4.78 is 0. The van der Waals surface area contributed by atoms with Gasteiger partial charge in [-0.25, -0.2) is 0 Å². The molecule has 0 saturated heterocycles. The second-order valence-corrected chi connectivity index (χ2v) is 4.70. The molecular weight excluding hydrogens is 230 g/mol. The number of nitrogens with two attached hydrogens (primary N) is 1. The lowest BCUT2D eigenvalue weighted by atomic mass is 10.0. The van der Waals surface area contributed by atoms with Gasteiger partial charge in [0.05, 0.1) is 11.4 Å². The maximum absolute atomic E-state index is 11.4. The summed E-state index contributed by atoms with van der Waals surface area (Å²) in [5.74, 6) is 0.0432. The van der Waals surface area contributed by atoms with Crippen LogP contribution in [0.25, 0.3) is 0 Å². The number of aliphatic hydroxyl groups excluding tert-OH is 1. The van der Waals surface area contributed by atoms with Gasteiger partial charge in [-0.05, 0) is 37.5 Å². The second-order valence-electron chi connectivity index (χ2n) is 4.70. The number of fused-ring (bicyclic) bond motifs is 1. The monoisotopic (exact) mass is 249 g/mol. The van der Waals surface area contributed by atoms with Crippen molar-refractivity contribution in [1.29, 1.82) is 0 Å². The summed E-state index contributed by atoms with van der Waals surface area (Å²) in [6.07, 6.45) is 1.90. The molecule has 2 rings (SSSR count). The Hall–Kier alpha value is -1.75. The first-order chi connectivity index (χ1) is 8.60. The van der Waals surface area contributed by atoms with Crippen LogP contribution in [0, 0.1) is 0 Å². The van der Waals surface area contributed by atoms with Crippen LogP contribution in [0.1, 0.15) is 25.3 Å². The zero-order valence-electron chi connectivity index (χ0n) is 10.5. The Labute approximate surface area is 106 Å². The number of benzene rings is 1. The van der Waals surface area contributed by atoms with E-state index in [0.717, 1.165) is 23.4 Å². The predicted octanol–water partition coefficient (Wildman–Crippen LogP) is 1.34. The lowest BCUT2D eigenvalue weighted by Crippen LogP contribution is -2.21. The van der Waals surface area contributed by atoms with Crippen LogP contribution in [0.4, 0.5) is 17.1 Å². The van der Waals surface area contributed by atoms with E-state index in [0.29, 0.717) is 18.5 Å². The van der Waals surface area contributed by atoms with Crippen molar-refractivity contribution in [2.24, 2.45) is 0 Å². The van der Waals surface area contributed by atoms with Gasteiger partial charge >= 0.3 is 0 Å². The molecule has 1 aromatic carbocycles. The molecule has 5 N–H and O–H groups in total. The van der Waals surface area contributed by atoms with Gasteiger partial charge in [0.2, 0.25) is 5.91 Å². The molecule has 0 radical (unpaired) electrons. The van der Waals surface area contributed by atoms with Crippen LogP contribution in [0.2, 0.25) is 0 Å². The van der Waals surface area contributed by atoms with E-state index < -0.39 is 0 Å². The van der Waals surface area contributed by atoms with Gasteiger partial charge < -0.3 is 21.5 Å². The van der Waals surface area contributed by atoms with E-state index in [1.54, 1.807) is 0 Å². The van der Waals surface area contributed by atoms with E-state index in [-0.39, 0.29) is 18.6 Å². The first kappa shape index (κ1) is 12.7. The van der Waals surface area contributed by atoms with Crippen LogP contribution < -0.4 is 16.4 Å². The molecule has 5 heteroatoms. The quantitative estimate of drug-likeness (QED) is 0.606. The maximum Gasteiger partial charge on any atom is 0.224 e. The minimum Gasteiger partial charge on any atom is -0.397 e. The van der Waals surface area contributed by atoms with E-state index in [1.165, 1.54) is 0 Å². The Morgan fingerprint density at radius 2 is 2.28 bits per heavy atom. The molecule has 18 heavy (non-hydrogen) atoms. The fraction of sp³-hybridized carbons (Fsp3) is 0.462. The number of amides is 1. The minimum atomic E-state index is 0.0432. The summed E-state index contributed by atoms with van der Waals surface area (Å²) in [6, 6.07) is 3.91. The Kier molecular flexibility index (Phi) is 3.72. The standard InChI is InChI=1S/C13H19N3O2/c1-8(4-5-17)15-12-7-11-9(6-10(12)14)2-3-13(18)16-11/h6-8,15,17H,2-5,14H2,1H3,(H,16,18). The Bertz CT molecular complexity index is 460. The highest BCUT2D eigenvalue weighted by Crippen LogP contribution is 2.31. The van der Waals surface area contributed by atoms with Crippen LogP contribution >= 0.6 is 0 Å². The van der Waals surface area contributed by atoms with Crippen molar-refractivity contribution in [2.75, 3.05) is 23.0 Å². The summed E-state index contributed by atoms with van der Waals surface area (Å²) in [6.45, 7) is 2.11. The maximum atomic E-state index is 11.4. The van der Waals surface area contributed by atoms with Crippen molar-refractivity contribution in [1.82, 2.24) is 0 Å². The highest BCUT2D eigenvalue weighted by molar-refractivity contribution is 5.95. The van der Waals surface area contributed by atoms with E-state index in [9.17, 15) is 4.79 Å². The van der Waals surface area contributed by atoms with E-state index in [4.69, 9.17) is 10.8 Å². The van der Waals surface area contributed by atoms with Gasteiger partial charge in [-0.1, -0.05) is 0 Å². The van der Waals surface area contributed by atoms with Gasteiger partial charge in [0.1, 0.15) is 0 Å². The number of aryl methyl sites for hydroxylation is 1. The highest BCUT2D eigenvalue weighted by atomic mass is 16.3. The number of nitrogen functional groups attached to an aromatic ring is 1. The summed E-state index contributed by atoms with van der Waals surface area (Å²) in [5.41, 5.74) is 9.37. The van der Waals surface area contributed by atoms with Crippen molar-refractivity contribution < 1.29 is 9.90 Å². The van der Waals surface area contributed by atoms with Gasteiger partial charge in [-0.2, -0.15) is 0 Å². The summed E-state index contributed by atoms with van der Waals surface area (Å²) in [4.78, 5) is 11.4. The van der Waals surface area contributed by atoms with Crippen LogP contribution in [-0.4, -0.2) is 23.7 Å². The topological polar surface area (TPSA) is 87.4 Å². The zero-order valence-corrected chi connectivity index (χ0v) is 10.5. The van der Waals surface area contributed by atoms with Gasteiger partial charge in [0.25, 0.3) is 0 Å². The third-order valence-corrected chi connectivity index (χ3v) is 3.13. The van der Waals surface area contributed by atoms with Crippen molar-refractivity contribution in [3.05, 3.63) is 17.7 Å². The molecule has 1 aliphatic heterocycles. The Morgan fingerprint density at radius 1 is 1.50 bits per heavy atom. The molecule has 1 aliphatic rings. The lowest BCUT2D eigenvalue weighted by molar-refractivity contribution is -0.116. The molecule has 1 atom stereocenters. The van der Waals surface area contributed by atoms with Crippen molar-refractivity contribution in [3.8, 4) is 0 Å². The number of anilines is 3. The molecule has 1 heterocycles. The molecule has 0 bridgehead atoms. The Balaban J connectivity index is 2.21. The van der Waals surface area contributed by atoms with Crippen LogP contribution in [-0.2, 0) is 11.2 Å². The minimum absolute atomic E-state index is 0.0432. The fourth-order valence-electron chi connectivity index (χ4n) is 2.10. The molecule has 0 saturated carbocycles. The van der Waals surface area contributed by atoms with Crippen LogP contribution in [0.3, 0.4) is 0 Å². The molecule has 1 amide bonds. The summed E-state index contributed by atoms with van der Waals surface area (Å²) in [5, 5.41) is 15.0. The van der Waals surface area contributed by atoms with E-state index in [2.05, 4.69) is 10.6 Å². The number of carbonyl (C=O) groups is 1. The smallest absolute Gasteiger partial charge is 0.224 e. The SMILES string of the molecule is CC(CCO)Nc1cc2c(cc1N)CCC(=O)N2. The molecule has 1 aromatic rings. The number of hydrogen-bond donors (Lipinski definition) is 4. The largest absolute Gasteiger partial charge is 0.397 e. The van der Waals surface area contributed by atoms with Crippen LogP contribution in [0.5, 0.6) is 0 Å². The van der Waals surface area contributed by atoms with E-state index in [1.807, 2.05) is 19.1 Å². The van der Waals surface area contributed by atoms with Gasteiger partial charge in [0, 0.05) is 24.8 Å². The molecule has 0 aromatic heterocycles.